The van der Waals surface area contributed by atoms with Gasteiger partial charge in [-0.2, -0.15) is 10.2 Å². The Morgan fingerprint density at radius 3 is 2.29 bits per heavy atom. The van der Waals surface area contributed by atoms with Crippen molar-refractivity contribution in [2.75, 3.05) is 31.5 Å². The molecule has 2 N–H and O–H groups in total. The normalized spacial score (nSPS) is 14.8. The van der Waals surface area contributed by atoms with Crippen LogP contribution in [-0.2, 0) is 16.0 Å². The van der Waals surface area contributed by atoms with Gasteiger partial charge in [0.2, 0.25) is 11.8 Å². The molecule has 176 valence electrons. The van der Waals surface area contributed by atoms with Gasteiger partial charge in [-0.05, 0) is 80.2 Å². The molecule has 2 amide bonds. The summed E-state index contributed by atoms with van der Waals surface area (Å²) in [6.45, 7) is 2.49. The smallest absolute Gasteiger partial charge is 0.238 e. The van der Waals surface area contributed by atoms with Crippen LogP contribution in [0.1, 0.15) is 17.7 Å². The number of carbonyl (C=O) groups excluding carboxylic acids is 2. The number of benzene rings is 2. The first kappa shape index (κ1) is 23.8. The van der Waals surface area contributed by atoms with E-state index in [1.165, 1.54) is 4.88 Å². The van der Waals surface area contributed by atoms with E-state index in [0.29, 0.717) is 13.1 Å². The van der Waals surface area contributed by atoms with Crippen molar-refractivity contribution in [3.63, 3.8) is 0 Å². The van der Waals surface area contributed by atoms with E-state index in [1.54, 1.807) is 11.3 Å². The van der Waals surface area contributed by atoms with Gasteiger partial charge in [0, 0.05) is 23.0 Å². The zero-order chi connectivity index (χ0) is 23.6. The van der Waals surface area contributed by atoms with Gasteiger partial charge in [0.1, 0.15) is 0 Å². The highest BCUT2D eigenvalue weighted by molar-refractivity contribution is 7.09. The Labute approximate surface area is 203 Å². The van der Waals surface area contributed by atoms with Crippen molar-refractivity contribution in [2.45, 2.75) is 19.3 Å². The van der Waals surface area contributed by atoms with Crippen molar-refractivity contribution in [3.8, 4) is 0 Å². The molecule has 1 fully saturated rings. The molecule has 3 aromatic rings. The number of nitrogens with one attached hydrogen (secondary N) is 2. The predicted octanol–water partition coefficient (Wildman–Crippen LogP) is 5.17. The van der Waals surface area contributed by atoms with Crippen LogP contribution in [0.3, 0.4) is 0 Å². The van der Waals surface area contributed by atoms with Crippen molar-refractivity contribution >= 4 is 40.2 Å². The number of hydrogen-bond donors (Lipinski definition) is 2. The first-order valence-electron chi connectivity index (χ1n) is 11.5. The van der Waals surface area contributed by atoms with Crippen LogP contribution in [0.2, 0.25) is 0 Å². The van der Waals surface area contributed by atoms with E-state index >= 15 is 0 Å². The van der Waals surface area contributed by atoms with Crippen LogP contribution in [0.15, 0.2) is 82.3 Å². The first-order chi connectivity index (χ1) is 16.7. The number of piperidine rings is 1. The second kappa shape index (κ2) is 12.2. The molecule has 1 saturated heterocycles. The Kier molecular flexibility index (Phi) is 8.54. The highest BCUT2D eigenvalue weighted by Gasteiger charge is 2.25. The lowest BCUT2D eigenvalue weighted by Crippen LogP contribution is -2.43. The van der Waals surface area contributed by atoms with Crippen LogP contribution < -0.4 is 10.6 Å². The summed E-state index contributed by atoms with van der Waals surface area (Å²) in [4.78, 5) is 28.3. The minimum atomic E-state index is -0.0579. The van der Waals surface area contributed by atoms with E-state index in [4.69, 9.17) is 0 Å². The number of amides is 2. The summed E-state index contributed by atoms with van der Waals surface area (Å²) >= 11 is 1.71. The van der Waals surface area contributed by atoms with Gasteiger partial charge in [-0.25, -0.2) is 0 Å². The van der Waals surface area contributed by atoms with Gasteiger partial charge in [-0.15, -0.1) is 11.3 Å². The van der Waals surface area contributed by atoms with Crippen LogP contribution in [0.25, 0.3) is 0 Å². The van der Waals surface area contributed by atoms with Crippen LogP contribution in [0, 0.1) is 5.92 Å². The van der Waals surface area contributed by atoms with Crippen molar-refractivity contribution in [1.82, 2.24) is 10.2 Å². The average molecular weight is 476 g/mol. The van der Waals surface area contributed by atoms with Gasteiger partial charge in [0.15, 0.2) is 0 Å². The summed E-state index contributed by atoms with van der Waals surface area (Å²) in [5, 5.41) is 16.5. The van der Waals surface area contributed by atoms with Gasteiger partial charge < -0.3 is 10.6 Å². The molecule has 34 heavy (non-hydrogen) atoms. The Hall–Kier alpha value is -3.36. The standard InChI is InChI=1S/C26H29N5O2S/c32-25(28-21-8-10-23(11-9-21)30-29-22-5-2-1-3-6-22)19-31-16-13-20(14-17-31)26(33)27-15-12-24-7-4-18-34-24/h1-11,18,20H,12-17,19H2,(H,27,33)(H,28,32). The molecule has 0 atom stereocenters. The fraction of sp³-hybridized carbons (Fsp3) is 0.308. The lowest BCUT2D eigenvalue weighted by Gasteiger charge is -2.30. The third kappa shape index (κ3) is 7.33. The lowest BCUT2D eigenvalue weighted by molar-refractivity contribution is -0.126. The van der Waals surface area contributed by atoms with Gasteiger partial charge in [0.25, 0.3) is 0 Å². The number of carbonyl (C=O) groups is 2. The van der Waals surface area contributed by atoms with Crippen LogP contribution in [-0.4, -0.2) is 42.9 Å². The lowest BCUT2D eigenvalue weighted by atomic mass is 9.96. The summed E-state index contributed by atoms with van der Waals surface area (Å²) in [5.74, 6) is 0.0999. The molecule has 8 heteroatoms. The second-order valence-electron chi connectivity index (χ2n) is 8.30. The number of rotatable bonds is 9. The number of azo groups is 1. The summed E-state index contributed by atoms with van der Waals surface area (Å²) < 4.78 is 0. The number of thiophene rings is 1. The number of nitrogens with zero attached hydrogens (tertiary/aromatic N) is 3. The van der Waals surface area contributed by atoms with Crippen molar-refractivity contribution in [2.24, 2.45) is 16.1 Å². The fourth-order valence-corrected chi connectivity index (χ4v) is 4.60. The molecule has 7 nitrogen and oxygen atoms in total. The molecule has 0 saturated carbocycles. The van der Waals surface area contributed by atoms with Crippen molar-refractivity contribution < 1.29 is 9.59 Å². The third-order valence-corrected chi connectivity index (χ3v) is 6.70. The summed E-state index contributed by atoms with van der Waals surface area (Å²) in [6, 6.07) is 21.0. The molecule has 2 aromatic carbocycles. The van der Waals surface area contributed by atoms with Crippen molar-refractivity contribution in [1.29, 1.82) is 0 Å². The van der Waals surface area contributed by atoms with Gasteiger partial charge in [0.05, 0.1) is 17.9 Å². The van der Waals surface area contributed by atoms with E-state index in [0.717, 1.165) is 49.4 Å². The largest absolute Gasteiger partial charge is 0.355 e. The summed E-state index contributed by atoms with van der Waals surface area (Å²) in [7, 11) is 0. The highest BCUT2D eigenvalue weighted by Crippen LogP contribution is 2.21. The molecular weight excluding hydrogens is 446 g/mol. The van der Waals surface area contributed by atoms with Crippen molar-refractivity contribution in [3.05, 3.63) is 77.0 Å². The maximum atomic E-state index is 12.5. The van der Waals surface area contributed by atoms with Crippen LogP contribution >= 0.6 is 11.3 Å². The predicted molar refractivity (Wildman–Crippen MR) is 136 cm³/mol. The molecule has 0 aliphatic carbocycles. The third-order valence-electron chi connectivity index (χ3n) is 5.76. The zero-order valence-electron chi connectivity index (χ0n) is 19.0. The van der Waals surface area contributed by atoms with Crippen LogP contribution in [0.4, 0.5) is 17.1 Å². The Morgan fingerprint density at radius 1 is 0.912 bits per heavy atom. The van der Waals surface area contributed by atoms with Crippen LogP contribution in [0.5, 0.6) is 0 Å². The molecule has 1 aromatic heterocycles. The quantitative estimate of drug-likeness (QED) is 0.419. The van der Waals surface area contributed by atoms with Gasteiger partial charge in [-0.3, -0.25) is 14.5 Å². The topological polar surface area (TPSA) is 86.2 Å². The maximum Gasteiger partial charge on any atom is 0.238 e. The molecule has 0 bridgehead atoms. The SMILES string of the molecule is O=C(CN1CCC(C(=O)NCCc2cccs2)CC1)Nc1ccc(N=Nc2ccccc2)cc1. The number of anilines is 1. The maximum absolute atomic E-state index is 12.5. The zero-order valence-corrected chi connectivity index (χ0v) is 19.8. The molecule has 4 rings (SSSR count). The highest BCUT2D eigenvalue weighted by atomic mass is 32.1. The molecule has 0 unspecified atom stereocenters. The van der Waals surface area contributed by atoms with E-state index in [-0.39, 0.29) is 17.7 Å². The fourth-order valence-electron chi connectivity index (χ4n) is 3.89. The summed E-state index contributed by atoms with van der Waals surface area (Å²) in [5.41, 5.74) is 2.24. The average Bonchev–Trinajstić information content (AvgIpc) is 3.38. The van der Waals surface area contributed by atoms with E-state index in [1.807, 2.05) is 60.7 Å². The first-order valence-corrected chi connectivity index (χ1v) is 12.4. The Bertz CT molecular complexity index is 1080. The van der Waals surface area contributed by atoms with Gasteiger partial charge in [-0.1, -0.05) is 24.3 Å². The molecule has 0 spiro atoms. The minimum absolute atomic E-state index is 0.0280. The Morgan fingerprint density at radius 2 is 1.62 bits per heavy atom. The van der Waals surface area contributed by atoms with Gasteiger partial charge >= 0.3 is 0 Å². The Balaban J connectivity index is 1.15. The van der Waals surface area contributed by atoms with E-state index in [9.17, 15) is 9.59 Å². The second-order valence-corrected chi connectivity index (χ2v) is 9.33. The molecular formula is C26H29N5O2S. The molecule has 0 radical (unpaired) electrons. The monoisotopic (exact) mass is 475 g/mol. The van der Waals surface area contributed by atoms with E-state index < -0.39 is 0 Å². The number of hydrogen-bond acceptors (Lipinski definition) is 6. The molecule has 1 aliphatic heterocycles. The minimum Gasteiger partial charge on any atom is -0.355 e. The van der Waals surface area contributed by atoms with E-state index in [2.05, 4.69) is 37.2 Å². The molecule has 1 aliphatic rings. The number of likely N-dealkylation sites (tertiary alicyclic amines) is 1. The summed E-state index contributed by atoms with van der Waals surface area (Å²) in [6.07, 6.45) is 2.43. The molecule has 2 heterocycles.